The third-order valence-electron chi connectivity index (χ3n) is 4.06. The first kappa shape index (κ1) is 17.9. The third-order valence-corrected chi connectivity index (χ3v) is 4.06. The highest BCUT2D eigenvalue weighted by Crippen LogP contribution is 2.29. The minimum Gasteiger partial charge on any atom is -0.490 e. The number of rotatable bonds is 8. The number of benzene rings is 3. The van der Waals surface area contributed by atoms with Gasteiger partial charge in [-0.3, -0.25) is 0 Å². The van der Waals surface area contributed by atoms with Gasteiger partial charge in [0.1, 0.15) is 6.61 Å². The molecule has 0 fully saturated rings. The largest absolute Gasteiger partial charge is 0.490 e. The summed E-state index contributed by atoms with van der Waals surface area (Å²) in [6.07, 6.45) is 0. The molecule has 0 aliphatic rings. The molecule has 3 aromatic rings. The van der Waals surface area contributed by atoms with E-state index in [1.165, 1.54) is 5.56 Å². The van der Waals surface area contributed by atoms with Crippen molar-refractivity contribution in [3.63, 3.8) is 0 Å². The maximum Gasteiger partial charge on any atom is 0.161 e. The van der Waals surface area contributed by atoms with E-state index < -0.39 is 0 Å². The van der Waals surface area contributed by atoms with Crippen LogP contribution in [0, 0.1) is 6.92 Å². The van der Waals surface area contributed by atoms with Crippen LogP contribution < -0.4 is 14.8 Å². The van der Waals surface area contributed by atoms with Gasteiger partial charge in [-0.05, 0) is 49.2 Å². The first-order valence-electron chi connectivity index (χ1n) is 8.97. The van der Waals surface area contributed by atoms with E-state index in [1.54, 1.807) is 0 Å². The summed E-state index contributed by atoms with van der Waals surface area (Å²) in [6.45, 7) is 5.95. The molecule has 26 heavy (non-hydrogen) atoms. The number of para-hydroxylation sites is 1. The van der Waals surface area contributed by atoms with E-state index in [1.807, 2.05) is 37.3 Å². The second-order valence-corrected chi connectivity index (χ2v) is 6.21. The molecule has 3 nitrogen and oxygen atoms in total. The zero-order chi connectivity index (χ0) is 18.2. The molecule has 0 aliphatic heterocycles. The molecule has 134 valence electrons. The molecule has 3 heteroatoms. The smallest absolute Gasteiger partial charge is 0.161 e. The molecule has 0 saturated heterocycles. The Morgan fingerprint density at radius 3 is 2.38 bits per heavy atom. The summed E-state index contributed by atoms with van der Waals surface area (Å²) in [7, 11) is 0. The molecule has 1 N–H and O–H groups in total. The highest BCUT2D eigenvalue weighted by atomic mass is 16.5. The SMILES string of the molecule is CCOc1cc(CNc2ccccc2)ccc1OCc1cccc(C)c1. The quantitative estimate of drug-likeness (QED) is 0.576. The molecule has 0 spiro atoms. The number of hydrogen-bond donors (Lipinski definition) is 1. The second-order valence-electron chi connectivity index (χ2n) is 6.21. The van der Waals surface area contributed by atoms with E-state index in [0.29, 0.717) is 13.2 Å². The Bertz CT molecular complexity index is 831. The van der Waals surface area contributed by atoms with Crippen LogP contribution in [0.25, 0.3) is 0 Å². The summed E-state index contributed by atoms with van der Waals surface area (Å²) in [5.41, 5.74) is 4.64. The summed E-state index contributed by atoms with van der Waals surface area (Å²) in [4.78, 5) is 0. The number of ether oxygens (including phenoxy) is 2. The van der Waals surface area contributed by atoms with Crippen LogP contribution in [0.5, 0.6) is 11.5 Å². The predicted molar refractivity (Wildman–Crippen MR) is 107 cm³/mol. The van der Waals surface area contributed by atoms with Gasteiger partial charge in [0.2, 0.25) is 0 Å². The van der Waals surface area contributed by atoms with Crippen LogP contribution in [-0.4, -0.2) is 6.61 Å². The van der Waals surface area contributed by atoms with E-state index in [4.69, 9.17) is 9.47 Å². The lowest BCUT2D eigenvalue weighted by molar-refractivity contribution is 0.269. The van der Waals surface area contributed by atoms with Crippen molar-refractivity contribution in [2.75, 3.05) is 11.9 Å². The first-order valence-corrected chi connectivity index (χ1v) is 8.97. The van der Waals surface area contributed by atoms with Crippen LogP contribution >= 0.6 is 0 Å². The average molecular weight is 347 g/mol. The Morgan fingerprint density at radius 1 is 0.769 bits per heavy atom. The molecule has 0 saturated carbocycles. The Hall–Kier alpha value is -2.94. The standard InChI is InChI=1S/C23H25NO2/c1-3-25-23-15-19(16-24-21-10-5-4-6-11-21)12-13-22(23)26-17-20-9-7-8-18(2)14-20/h4-15,24H,3,16-17H2,1-2H3. The second kappa shape index (κ2) is 8.95. The monoisotopic (exact) mass is 347 g/mol. The fraction of sp³-hybridized carbons (Fsp3) is 0.217. The molecule has 0 amide bonds. The molecule has 0 radical (unpaired) electrons. The molecule has 0 heterocycles. The lowest BCUT2D eigenvalue weighted by atomic mass is 10.1. The summed E-state index contributed by atoms with van der Waals surface area (Å²) in [5.74, 6) is 1.56. The van der Waals surface area contributed by atoms with Crippen molar-refractivity contribution in [2.24, 2.45) is 0 Å². The van der Waals surface area contributed by atoms with E-state index in [0.717, 1.165) is 34.9 Å². The molecule has 0 unspecified atom stereocenters. The number of nitrogens with one attached hydrogen (secondary N) is 1. The summed E-state index contributed by atoms with van der Waals surface area (Å²) < 4.78 is 11.8. The molecule has 0 atom stereocenters. The van der Waals surface area contributed by atoms with E-state index in [-0.39, 0.29) is 0 Å². The van der Waals surface area contributed by atoms with Gasteiger partial charge in [0.15, 0.2) is 11.5 Å². The lowest BCUT2D eigenvalue weighted by Crippen LogP contribution is -2.03. The number of anilines is 1. The minimum atomic E-state index is 0.531. The van der Waals surface area contributed by atoms with E-state index in [9.17, 15) is 0 Å². The zero-order valence-electron chi connectivity index (χ0n) is 15.4. The van der Waals surface area contributed by atoms with Gasteiger partial charge >= 0.3 is 0 Å². The van der Waals surface area contributed by atoms with Crippen molar-refractivity contribution in [2.45, 2.75) is 27.0 Å². The van der Waals surface area contributed by atoms with E-state index >= 15 is 0 Å². The van der Waals surface area contributed by atoms with Gasteiger partial charge in [0.25, 0.3) is 0 Å². The highest BCUT2D eigenvalue weighted by Gasteiger charge is 2.07. The molecule has 3 aromatic carbocycles. The average Bonchev–Trinajstić information content (AvgIpc) is 2.67. The Balaban J connectivity index is 1.67. The van der Waals surface area contributed by atoms with Crippen LogP contribution in [0.4, 0.5) is 5.69 Å². The van der Waals surface area contributed by atoms with Gasteiger partial charge in [-0.25, -0.2) is 0 Å². The minimum absolute atomic E-state index is 0.531. The van der Waals surface area contributed by atoms with Crippen molar-refractivity contribution >= 4 is 5.69 Å². The number of aryl methyl sites for hydroxylation is 1. The third kappa shape index (κ3) is 5.03. The van der Waals surface area contributed by atoms with Gasteiger partial charge in [0.05, 0.1) is 6.61 Å². The van der Waals surface area contributed by atoms with Crippen molar-refractivity contribution in [1.29, 1.82) is 0 Å². The normalized spacial score (nSPS) is 10.4. The van der Waals surface area contributed by atoms with Crippen LogP contribution in [0.2, 0.25) is 0 Å². The van der Waals surface area contributed by atoms with Gasteiger partial charge in [-0.15, -0.1) is 0 Å². The van der Waals surface area contributed by atoms with Crippen LogP contribution in [0.15, 0.2) is 72.8 Å². The molecular weight excluding hydrogens is 322 g/mol. The Kier molecular flexibility index (Phi) is 6.15. The van der Waals surface area contributed by atoms with Gasteiger partial charge < -0.3 is 14.8 Å². The van der Waals surface area contributed by atoms with E-state index in [2.05, 4.69) is 54.7 Å². The molecular formula is C23H25NO2. The van der Waals surface area contributed by atoms with Crippen molar-refractivity contribution in [3.8, 4) is 11.5 Å². The van der Waals surface area contributed by atoms with Crippen molar-refractivity contribution in [3.05, 3.63) is 89.5 Å². The van der Waals surface area contributed by atoms with Crippen molar-refractivity contribution < 1.29 is 9.47 Å². The van der Waals surface area contributed by atoms with Crippen LogP contribution in [0.1, 0.15) is 23.6 Å². The zero-order valence-corrected chi connectivity index (χ0v) is 15.4. The summed E-state index contributed by atoms with van der Waals surface area (Å²) in [5, 5.41) is 3.42. The highest BCUT2D eigenvalue weighted by molar-refractivity contribution is 5.46. The lowest BCUT2D eigenvalue weighted by Gasteiger charge is -2.14. The van der Waals surface area contributed by atoms with Crippen LogP contribution in [-0.2, 0) is 13.2 Å². The summed E-state index contributed by atoms with van der Waals surface area (Å²) in [6, 6.07) is 24.6. The van der Waals surface area contributed by atoms with Gasteiger partial charge in [0, 0.05) is 12.2 Å². The molecule has 3 rings (SSSR count). The maximum atomic E-state index is 6.00. The Morgan fingerprint density at radius 2 is 1.62 bits per heavy atom. The predicted octanol–water partition coefficient (Wildman–Crippen LogP) is 5.58. The summed E-state index contributed by atoms with van der Waals surface area (Å²) >= 11 is 0. The first-order chi connectivity index (χ1) is 12.7. The van der Waals surface area contributed by atoms with Crippen LogP contribution in [0.3, 0.4) is 0 Å². The molecule has 0 bridgehead atoms. The van der Waals surface area contributed by atoms with Gasteiger partial charge in [-0.1, -0.05) is 54.1 Å². The maximum absolute atomic E-state index is 6.00. The molecule has 0 aliphatic carbocycles. The Labute approximate surface area is 155 Å². The number of hydrogen-bond acceptors (Lipinski definition) is 3. The topological polar surface area (TPSA) is 30.5 Å². The fourth-order valence-corrected chi connectivity index (χ4v) is 2.77. The van der Waals surface area contributed by atoms with Gasteiger partial charge in [-0.2, -0.15) is 0 Å². The molecule has 0 aromatic heterocycles. The fourth-order valence-electron chi connectivity index (χ4n) is 2.77. The van der Waals surface area contributed by atoms with Crippen molar-refractivity contribution in [1.82, 2.24) is 0 Å².